The molecule has 78 valence electrons. The van der Waals surface area contributed by atoms with Crippen LogP contribution in [0.1, 0.15) is 20.3 Å². The van der Waals surface area contributed by atoms with Crippen LogP contribution in [-0.4, -0.2) is 24.2 Å². The molecule has 0 radical (unpaired) electrons. The van der Waals surface area contributed by atoms with Crippen LogP contribution in [0.3, 0.4) is 0 Å². The fourth-order valence-corrected chi connectivity index (χ4v) is 1.08. The van der Waals surface area contributed by atoms with E-state index in [0.717, 1.165) is 18.7 Å². The molecule has 1 rings (SSSR count). The Balaban J connectivity index is 2.29. The number of aromatic nitrogens is 1. The molecule has 0 saturated carbocycles. The summed E-state index contributed by atoms with van der Waals surface area (Å²) in [6.45, 7) is 5.06. The second-order valence-corrected chi connectivity index (χ2v) is 3.88. The molecule has 3 heteroatoms. The molecule has 0 bridgehead atoms. The van der Waals surface area contributed by atoms with E-state index in [-0.39, 0.29) is 5.60 Å². The maximum absolute atomic E-state index is 5.32. The first-order valence-corrected chi connectivity index (χ1v) is 4.83. The van der Waals surface area contributed by atoms with Gasteiger partial charge in [0.1, 0.15) is 0 Å². The van der Waals surface area contributed by atoms with Crippen molar-refractivity contribution < 1.29 is 4.74 Å². The molecule has 1 N–H and O–H groups in total. The van der Waals surface area contributed by atoms with Crippen molar-refractivity contribution in [3.05, 3.63) is 24.5 Å². The molecular formula is C11H18N2O. The zero-order valence-corrected chi connectivity index (χ0v) is 9.08. The molecule has 0 unspecified atom stereocenters. The van der Waals surface area contributed by atoms with Gasteiger partial charge in [0, 0.05) is 26.0 Å². The topological polar surface area (TPSA) is 34.1 Å². The summed E-state index contributed by atoms with van der Waals surface area (Å²) in [6.07, 6.45) is 4.56. The van der Waals surface area contributed by atoms with Crippen LogP contribution in [0.5, 0.6) is 0 Å². The van der Waals surface area contributed by atoms with Gasteiger partial charge in [0.2, 0.25) is 0 Å². The first-order chi connectivity index (χ1) is 6.64. The summed E-state index contributed by atoms with van der Waals surface area (Å²) < 4.78 is 5.32. The summed E-state index contributed by atoms with van der Waals surface area (Å²) in [7, 11) is 1.74. The Labute approximate surface area is 85.5 Å². The van der Waals surface area contributed by atoms with E-state index in [1.807, 2.05) is 18.3 Å². The number of hydrogen-bond acceptors (Lipinski definition) is 3. The molecule has 0 saturated heterocycles. The van der Waals surface area contributed by atoms with Gasteiger partial charge in [-0.2, -0.15) is 0 Å². The predicted octanol–water partition coefficient (Wildman–Crippen LogP) is 2.31. The second-order valence-electron chi connectivity index (χ2n) is 3.88. The highest BCUT2D eigenvalue weighted by atomic mass is 16.5. The van der Waals surface area contributed by atoms with E-state index in [0.29, 0.717) is 0 Å². The fraction of sp³-hybridized carbons (Fsp3) is 0.545. The normalized spacial score (nSPS) is 11.4. The average Bonchev–Trinajstić information content (AvgIpc) is 2.19. The highest BCUT2D eigenvalue weighted by molar-refractivity contribution is 5.39. The summed E-state index contributed by atoms with van der Waals surface area (Å²) in [5.74, 6) is 0. The van der Waals surface area contributed by atoms with Gasteiger partial charge in [-0.25, -0.2) is 0 Å². The van der Waals surface area contributed by atoms with Gasteiger partial charge in [-0.1, -0.05) is 0 Å². The van der Waals surface area contributed by atoms with E-state index in [1.165, 1.54) is 0 Å². The quantitative estimate of drug-likeness (QED) is 0.781. The van der Waals surface area contributed by atoms with E-state index in [4.69, 9.17) is 4.74 Å². The molecule has 0 amide bonds. The minimum absolute atomic E-state index is 0.0603. The van der Waals surface area contributed by atoms with E-state index in [1.54, 1.807) is 13.3 Å². The van der Waals surface area contributed by atoms with Gasteiger partial charge in [-0.3, -0.25) is 4.98 Å². The zero-order valence-electron chi connectivity index (χ0n) is 9.08. The standard InChI is InChI=1S/C11H18N2O/c1-11(2,14-3)6-8-13-10-5-4-7-12-9-10/h4-5,7,9,13H,6,8H2,1-3H3. The van der Waals surface area contributed by atoms with Gasteiger partial charge in [0.15, 0.2) is 0 Å². The van der Waals surface area contributed by atoms with Gasteiger partial charge in [0.05, 0.1) is 11.3 Å². The second kappa shape index (κ2) is 4.96. The molecule has 3 nitrogen and oxygen atoms in total. The Morgan fingerprint density at radius 1 is 1.50 bits per heavy atom. The third-order valence-electron chi connectivity index (χ3n) is 2.27. The van der Waals surface area contributed by atoms with Gasteiger partial charge < -0.3 is 10.1 Å². The van der Waals surface area contributed by atoms with Gasteiger partial charge in [-0.15, -0.1) is 0 Å². The molecule has 0 aliphatic carbocycles. The van der Waals surface area contributed by atoms with Crippen LogP contribution in [-0.2, 0) is 4.74 Å². The van der Waals surface area contributed by atoms with Crippen LogP contribution in [0, 0.1) is 0 Å². The Kier molecular flexibility index (Phi) is 3.89. The summed E-state index contributed by atoms with van der Waals surface area (Å²) in [5, 5.41) is 3.29. The minimum atomic E-state index is -0.0603. The molecule has 0 aliphatic rings. The van der Waals surface area contributed by atoms with Crippen LogP contribution in [0.15, 0.2) is 24.5 Å². The number of rotatable bonds is 5. The smallest absolute Gasteiger partial charge is 0.0639 e. The van der Waals surface area contributed by atoms with Crippen LogP contribution in [0.2, 0.25) is 0 Å². The van der Waals surface area contributed by atoms with Crippen molar-refractivity contribution in [3.8, 4) is 0 Å². The molecular weight excluding hydrogens is 176 g/mol. The lowest BCUT2D eigenvalue weighted by molar-refractivity contribution is 0.0185. The number of nitrogens with zero attached hydrogens (tertiary/aromatic N) is 1. The zero-order chi connectivity index (χ0) is 10.4. The van der Waals surface area contributed by atoms with Crippen molar-refractivity contribution in [2.75, 3.05) is 19.0 Å². The highest BCUT2D eigenvalue weighted by Crippen LogP contribution is 2.13. The summed E-state index contributed by atoms with van der Waals surface area (Å²) >= 11 is 0. The van der Waals surface area contributed by atoms with Crippen molar-refractivity contribution >= 4 is 5.69 Å². The third-order valence-corrected chi connectivity index (χ3v) is 2.27. The van der Waals surface area contributed by atoms with Crippen LogP contribution >= 0.6 is 0 Å². The van der Waals surface area contributed by atoms with Gasteiger partial charge >= 0.3 is 0 Å². The van der Waals surface area contributed by atoms with Crippen molar-refractivity contribution in [2.45, 2.75) is 25.9 Å². The molecule has 14 heavy (non-hydrogen) atoms. The molecule has 0 fully saturated rings. The average molecular weight is 194 g/mol. The largest absolute Gasteiger partial charge is 0.384 e. The van der Waals surface area contributed by atoms with Crippen molar-refractivity contribution in [1.29, 1.82) is 0 Å². The van der Waals surface area contributed by atoms with E-state index in [2.05, 4.69) is 24.1 Å². The van der Waals surface area contributed by atoms with Crippen molar-refractivity contribution in [1.82, 2.24) is 4.98 Å². The highest BCUT2D eigenvalue weighted by Gasteiger charge is 2.14. The first-order valence-electron chi connectivity index (χ1n) is 4.83. The monoisotopic (exact) mass is 194 g/mol. The van der Waals surface area contributed by atoms with E-state index < -0.39 is 0 Å². The van der Waals surface area contributed by atoms with E-state index in [9.17, 15) is 0 Å². The Hall–Kier alpha value is -1.09. The van der Waals surface area contributed by atoms with Crippen LogP contribution in [0.4, 0.5) is 5.69 Å². The van der Waals surface area contributed by atoms with E-state index >= 15 is 0 Å². The fourth-order valence-electron chi connectivity index (χ4n) is 1.08. The third kappa shape index (κ3) is 3.75. The summed E-state index contributed by atoms with van der Waals surface area (Å²) in [6, 6.07) is 3.93. The number of methoxy groups -OCH3 is 1. The van der Waals surface area contributed by atoms with Gasteiger partial charge in [0.25, 0.3) is 0 Å². The Morgan fingerprint density at radius 2 is 2.29 bits per heavy atom. The van der Waals surface area contributed by atoms with Crippen LogP contribution < -0.4 is 5.32 Å². The number of hydrogen-bond donors (Lipinski definition) is 1. The van der Waals surface area contributed by atoms with Crippen molar-refractivity contribution in [3.63, 3.8) is 0 Å². The first kappa shape index (κ1) is 11.0. The number of ether oxygens (including phenoxy) is 1. The number of pyridine rings is 1. The lowest BCUT2D eigenvalue weighted by atomic mass is 10.1. The summed E-state index contributed by atoms with van der Waals surface area (Å²) in [5.41, 5.74) is 0.995. The Bertz CT molecular complexity index is 259. The lowest BCUT2D eigenvalue weighted by Crippen LogP contribution is -2.25. The molecule has 0 spiro atoms. The number of nitrogens with one attached hydrogen (secondary N) is 1. The lowest BCUT2D eigenvalue weighted by Gasteiger charge is -2.22. The van der Waals surface area contributed by atoms with Crippen LogP contribution in [0.25, 0.3) is 0 Å². The molecule has 0 aromatic carbocycles. The minimum Gasteiger partial charge on any atom is -0.384 e. The van der Waals surface area contributed by atoms with Crippen molar-refractivity contribution in [2.24, 2.45) is 0 Å². The summed E-state index contributed by atoms with van der Waals surface area (Å²) in [4.78, 5) is 4.03. The SMILES string of the molecule is COC(C)(C)CCNc1cccnc1. The molecule has 0 atom stereocenters. The predicted molar refractivity (Wildman–Crippen MR) is 58.4 cm³/mol. The molecule has 0 aliphatic heterocycles. The van der Waals surface area contributed by atoms with Gasteiger partial charge in [-0.05, 0) is 32.4 Å². The molecule has 1 aromatic heterocycles. The maximum atomic E-state index is 5.32. The maximum Gasteiger partial charge on any atom is 0.0639 e. The molecule has 1 aromatic rings. The number of anilines is 1. The molecule has 1 heterocycles. The Morgan fingerprint density at radius 3 is 2.86 bits per heavy atom.